The Labute approximate surface area is 509 Å². The van der Waals surface area contributed by atoms with Crippen molar-refractivity contribution in [2.75, 3.05) is 5.75 Å². The molecule has 0 fully saturated rings. The molecule has 2 aliphatic rings. The van der Waals surface area contributed by atoms with Gasteiger partial charge in [-0.1, -0.05) is 43.1 Å². The van der Waals surface area contributed by atoms with Gasteiger partial charge in [-0.25, -0.2) is 34.7 Å². The van der Waals surface area contributed by atoms with Crippen molar-refractivity contribution in [1.29, 1.82) is 0 Å². The number of allylic oxidation sites excluding steroid dienone is 1. The maximum Gasteiger partial charge on any atom is 0.351 e. The predicted molar refractivity (Wildman–Crippen MR) is 319 cm³/mol. The van der Waals surface area contributed by atoms with Gasteiger partial charge in [0.2, 0.25) is 11.0 Å². The number of aryl methyl sites for hydroxylation is 1. The van der Waals surface area contributed by atoms with E-state index in [1.54, 1.807) is 37.4 Å². The fourth-order valence-electron chi connectivity index (χ4n) is 8.67. The molecule has 0 saturated carbocycles. The molecule has 26 nitrogen and oxygen atoms in total. The van der Waals surface area contributed by atoms with E-state index in [0.29, 0.717) is 22.0 Å². The van der Waals surface area contributed by atoms with E-state index in [9.17, 15) is 53.4 Å². The van der Waals surface area contributed by atoms with Crippen LogP contribution in [0.1, 0.15) is 117 Å². The number of carboxylic acid groups (broad SMARTS) is 1. The highest BCUT2D eigenvalue weighted by Crippen LogP contribution is 2.42. The van der Waals surface area contributed by atoms with Crippen LogP contribution in [0.25, 0.3) is 49.3 Å². The van der Waals surface area contributed by atoms with Crippen molar-refractivity contribution in [1.82, 2.24) is 66.8 Å². The highest BCUT2D eigenvalue weighted by atomic mass is 32.2. The molecule has 7 aromatic heterocycles. The van der Waals surface area contributed by atoms with E-state index in [0.717, 1.165) is 68.4 Å². The largest absolute Gasteiger partial charge is 0.506 e. The molecule has 32 heteroatoms. The molecular weight excluding hydrogens is 1230 g/mol. The van der Waals surface area contributed by atoms with Crippen molar-refractivity contribution < 1.29 is 63.2 Å². The van der Waals surface area contributed by atoms with E-state index in [1.807, 2.05) is 5.32 Å². The van der Waals surface area contributed by atoms with Crippen LogP contribution in [0.15, 0.2) is 81.8 Å². The first-order valence-electron chi connectivity index (χ1n) is 25.4. The number of carbonyl (C=O) groups is 9. The molecule has 2 aliphatic heterocycles. The smallest absolute Gasteiger partial charge is 0.351 e. The zero-order valence-corrected chi connectivity index (χ0v) is 49.8. The average molecular weight is 1280 g/mol. The van der Waals surface area contributed by atoms with E-state index < -0.39 is 93.9 Å². The number of rotatable bonds is 7. The highest BCUT2D eigenvalue weighted by molar-refractivity contribution is 8.14. The zero-order chi connectivity index (χ0) is 61.2. The molecule has 12 bridgehead atoms. The lowest BCUT2D eigenvalue weighted by Crippen LogP contribution is -2.52. The quantitative estimate of drug-likeness (QED) is 0.0632. The molecule has 0 saturated heterocycles. The summed E-state index contributed by atoms with van der Waals surface area (Å²) in [5, 5.41) is 55.3. The fourth-order valence-corrected chi connectivity index (χ4v) is 13.9. The summed E-state index contributed by atoms with van der Waals surface area (Å²) in [7, 11) is 0. The number of aromatic nitrogens is 7. The summed E-state index contributed by atoms with van der Waals surface area (Å²) in [6.07, 6.45) is -0.198. The van der Waals surface area contributed by atoms with Gasteiger partial charge in [-0.3, -0.25) is 38.4 Å². The Bertz CT molecular complexity index is 4190. The Morgan fingerprint density at radius 2 is 1.41 bits per heavy atom. The van der Waals surface area contributed by atoms with Crippen molar-refractivity contribution >= 4 is 138 Å². The minimum absolute atomic E-state index is 0.0150. The number of nitrogens with zero attached hydrogens (tertiary/aromatic N) is 6. The van der Waals surface area contributed by atoms with Crippen molar-refractivity contribution in [3.63, 3.8) is 0 Å². The van der Waals surface area contributed by atoms with Gasteiger partial charge < -0.3 is 56.9 Å². The van der Waals surface area contributed by atoms with Crippen LogP contribution < -0.4 is 31.9 Å². The zero-order valence-electron chi connectivity index (χ0n) is 44.9. The lowest BCUT2D eigenvalue weighted by Gasteiger charge is -2.21. The van der Waals surface area contributed by atoms with E-state index in [-0.39, 0.29) is 107 Å². The van der Waals surface area contributed by atoms with Gasteiger partial charge in [-0.05, 0) is 50.5 Å². The summed E-state index contributed by atoms with van der Waals surface area (Å²) >= 11 is 5.81. The predicted octanol–water partition coefficient (Wildman–Crippen LogP) is 6.14. The van der Waals surface area contributed by atoms with Gasteiger partial charge in [0, 0.05) is 55.5 Å². The number of aliphatic carboxylic acids is 1. The van der Waals surface area contributed by atoms with Crippen molar-refractivity contribution in [3.8, 4) is 38.4 Å². The Morgan fingerprint density at radius 3 is 2.13 bits per heavy atom. The number of carboxylic acids is 1. The number of aliphatic hydroxyl groups excluding tert-OH is 1. The van der Waals surface area contributed by atoms with E-state index in [4.69, 9.17) is 19.8 Å². The number of amides is 6. The maximum atomic E-state index is 14.5. The molecule has 0 unspecified atom stereocenters. The number of ether oxygens (including phenoxy) is 1. The molecular formula is C54H45N13O13S6. The first-order chi connectivity index (χ1) is 41.1. The van der Waals surface area contributed by atoms with Crippen LogP contribution in [0.3, 0.4) is 0 Å². The number of benzene rings is 1. The molecule has 4 atom stereocenters. The number of thiazole rings is 5. The number of cyclic esters (lactones) is 1. The molecule has 10 N–H and O–H groups in total. The third-order valence-electron chi connectivity index (χ3n) is 13.0. The maximum absolute atomic E-state index is 14.5. The molecule has 86 heavy (non-hydrogen) atoms. The number of hydrogen-bond donors (Lipinski definition) is 10. The van der Waals surface area contributed by atoms with E-state index in [2.05, 4.69) is 64.7 Å². The Hall–Kier alpha value is -9.18. The van der Waals surface area contributed by atoms with Gasteiger partial charge in [-0.2, -0.15) is 0 Å². The van der Waals surface area contributed by atoms with Crippen LogP contribution in [0.2, 0.25) is 0 Å². The summed E-state index contributed by atoms with van der Waals surface area (Å²) in [4.78, 5) is 152. The van der Waals surface area contributed by atoms with E-state index >= 15 is 0 Å². The standard InChI is InChI=1S/C54H45N13O13S6/c1-6-26-49-63-31(16-83-49)44(73)59-28-10-11-36(70)80-13-24-8-7-9-27-37(24)20(2)38(57-27)54(79)86-19-34(60-45(74)32-17-84-50(28)64-32)51-61-29(14-82-51)40-25(48-62-33(15-81-48)46(75)67-39(23(5)68)47(76)58-26)12-35(69)41(66-40)52-65-30(18-85-52)43(72)55-21(3)42(71)56-22(4)53(77)78/h6-9,12,14-18,23,28,34,39,57,68-69H,3-4,10-11,13,19H2,1-2,5H3,(H,55,72)(H,56,71)(H,58,76)(H,59,73)(H,60,74)(H,67,75)(H,77,78)/b26-6-/t23-,28-,34+,39+/m1/s1. The SMILES string of the molecule is C=C(NC(=O)C(=C)NC(=O)c1csc(-c2nc3c(cc2O)-c2nc(cs2)C(=O)N[C@@H]([C@@H](C)O)C(=O)N/C(=C\C)c2nc(cs2)C(=O)N[C@@H]2CCC(=O)OCc4cccc5[nH]c(c(C)c45)C(=O)SC[C@H](NC(=O)c4csc2n4)c2nc-3cs2)n1)C(=O)O. The van der Waals surface area contributed by atoms with E-state index in [1.165, 1.54) is 40.6 Å². The lowest BCUT2D eigenvalue weighted by molar-refractivity contribution is -0.145. The molecule has 9 heterocycles. The lowest BCUT2D eigenvalue weighted by atomic mass is 10.1. The minimum atomic E-state index is -1.57. The Morgan fingerprint density at radius 1 is 0.767 bits per heavy atom. The third kappa shape index (κ3) is 12.8. The number of aliphatic hydroxyl groups is 1. The fraction of sp³-hybridized carbons (Fsp3) is 0.204. The molecule has 0 aliphatic carbocycles. The van der Waals surface area contributed by atoms with Crippen LogP contribution in [-0.2, 0) is 30.5 Å². The molecule has 8 aromatic rings. The average Bonchev–Trinajstić information content (AvgIpc) is 1.94. The van der Waals surface area contributed by atoms with Crippen LogP contribution in [0.4, 0.5) is 0 Å². The summed E-state index contributed by atoms with van der Waals surface area (Å²) in [5.41, 5.74) is 0.497. The van der Waals surface area contributed by atoms with Crippen LogP contribution in [0.5, 0.6) is 5.75 Å². The molecule has 6 amide bonds. The van der Waals surface area contributed by atoms with Gasteiger partial charge in [0.1, 0.15) is 89.0 Å². The first kappa shape index (κ1) is 60.0. The number of fused-ring (bicyclic) bond motifs is 13. The number of esters is 1. The van der Waals surface area contributed by atoms with Crippen molar-refractivity contribution in [3.05, 3.63) is 136 Å². The molecule has 1 aromatic carbocycles. The van der Waals surface area contributed by atoms with Crippen molar-refractivity contribution in [2.24, 2.45) is 0 Å². The second kappa shape index (κ2) is 25.2. The number of pyridine rings is 1. The third-order valence-corrected chi connectivity index (χ3v) is 18.5. The van der Waals surface area contributed by atoms with Gasteiger partial charge in [0.25, 0.3) is 29.5 Å². The number of hydrogen-bond acceptors (Lipinski definition) is 24. The number of nitrogens with one attached hydrogen (secondary N) is 7. The highest BCUT2D eigenvalue weighted by Gasteiger charge is 2.33. The topological polar surface area (TPSA) is 389 Å². The number of aromatic hydroxyl groups is 1. The first-order valence-corrected chi connectivity index (χ1v) is 30.8. The van der Waals surface area contributed by atoms with Crippen LogP contribution in [0, 0.1) is 6.92 Å². The normalized spacial score (nSPS) is 17.9. The number of H-pyrrole nitrogens is 1. The Balaban J connectivity index is 1.08. The summed E-state index contributed by atoms with van der Waals surface area (Å²) < 4.78 is 5.76. The molecule has 10 rings (SSSR count). The van der Waals surface area contributed by atoms with Gasteiger partial charge in [0.15, 0.2) is 0 Å². The van der Waals surface area contributed by atoms with Gasteiger partial charge in [0.05, 0.1) is 35.3 Å². The number of thioether (sulfide) groups is 1. The molecule has 0 radical (unpaired) electrons. The van der Waals surface area contributed by atoms with Crippen LogP contribution in [-0.4, -0.2) is 121 Å². The monoisotopic (exact) mass is 1280 g/mol. The van der Waals surface area contributed by atoms with Crippen molar-refractivity contribution in [2.45, 2.75) is 64.4 Å². The molecule has 0 spiro atoms. The van der Waals surface area contributed by atoms with Gasteiger partial charge in [-0.15, -0.1) is 56.7 Å². The number of aromatic amines is 1. The second-order valence-electron chi connectivity index (χ2n) is 18.9. The Kier molecular flexibility index (Phi) is 17.6. The molecule has 440 valence electrons. The van der Waals surface area contributed by atoms with Gasteiger partial charge >= 0.3 is 11.9 Å². The summed E-state index contributed by atoms with van der Waals surface area (Å²) in [6, 6.07) is 3.03. The number of carbonyl (C=O) groups excluding carboxylic acids is 8. The van der Waals surface area contributed by atoms with Crippen LogP contribution >= 0.6 is 68.4 Å². The second-order valence-corrected chi connectivity index (χ2v) is 24.2. The summed E-state index contributed by atoms with van der Waals surface area (Å²) in [5.74, 6) is -7.83. The summed E-state index contributed by atoms with van der Waals surface area (Å²) in [6.45, 7) is 11.2. The minimum Gasteiger partial charge on any atom is -0.506 e.